The highest BCUT2D eigenvalue weighted by Gasteiger charge is 2.24. The molecule has 0 saturated heterocycles. The Kier molecular flexibility index (Phi) is 4.90. The number of benzene rings is 5. The Hall–Kier alpha value is -6.27. The zero-order chi connectivity index (χ0) is 29.5. The lowest BCUT2D eigenvalue weighted by Gasteiger charge is -2.10. The van der Waals surface area contributed by atoms with Crippen molar-refractivity contribution in [2.24, 2.45) is 0 Å². The van der Waals surface area contributed by atoms with Gasteiger partial charge in [-0.2, -0.15) is 4.98 Å². The zero-order valence-corrected chi connectivity index (χ0v) is 23.9. The summed E-state index contributed by atoms with van der Waals surface area (Å²) < 4.78 is 10.8. The first-order chi connectivity index (χ1) is 22.3. The number of para-hydroxylation sites is 3. The summed E-state index contributed by atoms with van der Waals surface area (Å²) >= 11 is 0. The van der Waals surface area contributed by atoms with Crippen molar-refractivity contribution in [1.82, 2.24) is 24.1 Å². The van der Waals surface area contributed by atoms with Crippen LogP contribution in [0.1, 0.15) is 0 Å². The Labute approximate surface area is 256 Å². The van der Waals surface area contributed by atoms with E-state index in [2.05, 4.69) is 94.1 Å². The van der Waals surface area contributed by atoms with Crippen LogP contribution < -0.4 is 0 Å². The van der Waals surface area contributed by atoms with Crippen LogP contribution >= 0.6 is 0 Å². The van der Waals surface area contributed by atoms with Crippen molar-refractivity contribution in [1.29, 1.82) is 0 Å². The smallest absolute Gasteiger partial charge is 0.238 e. The van der Waals surface area contributed by atoms with Gasteiger partial charge in [-0.15, -0.1) is 0 Å². The van der Waals surface area contributed by atoms with Crippen LogP contribution in [0.15, 0.2) is 144 Å². The van der Waals surface area contributed by atoms with Gasteiger partial charge in [0.2, 0.25) is 11.7 Å². The van der Waals surface area contributed by atoms with Crippen LogP contribution in [-0.2, 0) is 0 Å². The van der Waals surface area contributed by atoms with E-state index in [0.717, 1.165) is 66.3 Å². The molecular weight excluding hydrogens is 554 g/mol. The molecule has 45 heavy (non-hydrogen) atoms. The molecule has 210 valence electrons. The number of hydrogen-bond donors (Lipinski definition) is 0. The maximum atomic E-state index is 6.39. The number of aromatic nitrogens is 5. The van der Waals surface area contributed by atoms with Crippen molar-refractivity contribution < 1.29 is 4.42 Å². The predicted molar refractivity (Wildman–Crippen MR) is 181 cm³/mol. The van der Waals surface area contributed by atoms with Crippen LogP contribution in [0.5, 0.6) is 0 Å². The first-order valence-corrected chi connectivity index (χ1v) is 15.0. The third kappa shape index (κ3) is 3.36. The van der Waals surface area contributed by atoms with Crippen LogP contribution in [0.25, 0.3) is 88.7 Å². The van der Waals surface area contributed by atoms with E-state index in [1.807, 2.05) is 54.7 Å². The predicted octanol–water partition coefficient (Wildman–Crippen LogP) is 9.63. The van der Waals surface area contributed by atoms with Gasteiger partial charge in [-0.25, -0.2) is 9.97 Å². The average Bonchev–Trinajstić information content (AvgIpc) is 3.76. The first kappa shape index (κ1) is 24.2. The molecule has 0 spiro atoms. The van der Waals surface area contributed by atoms with Gasteiger partial charge in [-0.1, -0.05) is 97.1 Å². The summed E-state index contributed by atoms with van der Waals surface area (Å²) in [6.45, 7) is 0. The summed E-state index contributed by atoms with van der Waals surface area (Å²) in [6, 6.07) is 45.9. The standard InChI is InChI=1S/C39H23N5O/c1-2-12-24(13-3-1)36-35-28-16-6-9-19-32(28)45-38(35)42-39(41-36)43-30-18-8-5-15-27(30)34-31(43)22-21-26-25-14-4-7-17-29(25)44(37(26)34)33-20-10-11-23-40-33/h1-23H. The summed E-state index contributed by atoms with van der Waals surface area (Å²) in [5, 5.41) is 6.52. The Balaban J connectivity index is 1.38. The quantitative estimate of drug-likeness (QED) is 0.210. The summed E-state index contributed by atoms with van der Waals surface area (Å²) in [5.74, 6) is 1.44. The van der Waals surface area contributed by atoms with Gasteiger partial charge >= 0.3 is 0 Å². The fraction of sp³-hybridized carbons (Fsp3) is 0. The molecule has 0 saturated carbocycles. The minimum absolute atomic E-state index is 0.562. The SMILES string of the molecule is c1ccc(-c2nc(-n3c4ccccc4c4c3ccc3c5ccccc5n(-c5ccccn5)c34)nc3oc4ccccc4c23)cc1. The Morgan fingerprint density at radius 3 is 2.02 bits per heavy atom. The highest BCUT2D eigenvalue weighted by atomic mass is 16.3. The monoisotopic (exact) mass is 577 g/mol. The zero-order valence-electron chi connectivity index (χ0n) is 23.9. The molecular formula is C39H23N5O. The van der Waals surface area contributed by atoms with Gasteiger partial charge in [0.15, 0.2) is 0 Å². The van der Waals surface area contributed by atoms with Gasteiger partial charge in [-0.05, 0) is 36.4 Å². The highest BCUT2D eigenvalue weighted by molar-refractivity contribution is 6.26. The van der Waals surface area contributed by atoms with E-state index in [-0.39, 0.29) is 0 Å². The molecule has 10 rings (SSSR count). The Morgan fingerprint density at radius 1 is 0.489 bits per heavy atom. The lowest BCUT2D eigenvalue weighted by molar-refractivity contribution is 0.651. The van der Waals surface area contributed by atoms with E-state index >= 15 is 0 Å². The van der Waals surface area contributed by atoms with Gasteiger partial charge in [0.1, 0.15) is 11.4 Å². The molecule has 5 heterocycles. The molecule has 6 nitrogen and oxygen atoms in total. The first-order valence-electron chi connectivity index (χ1n) is 15.0. The molecule has 0 aliphatic heterocycles. The third-order valence-electron chi connectivity index (χ3n) is 8.82. The van der Waals surface area contributed by atoms with Crippen molar-refractivity contribution in [3.63, 3.8) is 0 Å². The van der Waals surface area contributed by atoms with Gasteiger partial charge in [0.05, 0.1) is 33.1 Å². The maximum Gasteiger partial charge on any atom is 0.238 e. The molecule has 0 bridgehead atoms. The van der Waals surface area contributed by atoms with E-state index in [9.17, 15) is 0 Å². The molecule has 0 atom stereocenters. The van der Waals surface area contributed by atoms with Crippen molar-refractivity contribution in [2.45, 2.75) is 0 Å². The second-order valence-electron chi connectivity index (χ2n) is 11.3. The number of furan rings is 1. The van der Waals surface area contributed by atoms with E-state index in [1.165, 1.54) is 10.8 Å². The molecule has 0 radical (unpaired) electrons. The fourth-order valence-electron chi connectivity index (χ4n) is 6.96. The second-order valence-corrected chi connectivity index (χ2v) is 11.3. The van der Waals surface area contributed by atoms with Crippen LogP contribution in [0.3, 0.4) is 0 Å². The summed E-state index contributed by atoms with van der Waals surface area (Å²) in [5.41, 5.74) is 7.46. The maximum absolute atomic E-state index is 6.39. The van der Waals surface area contributed by atoms with E-state index < -0.39 is 0 Å². The average molecular weight is 578 g/mol. The van der Waals surface area contributed by atoms with Crippen LogP contribution in [0.2, 0.25) is 0 Å². The minimum Gasteiger partial charge on any atom is -0.437 e. The molecule has 5 aromatic carbocycles. The van der Waals surface area contributed by atoms with Crippen LogP contribution in [0, 0.1) is 0 Å². The number of rotatable bonds is 3. The molecule has 0 unspecified atom stereocenters. The molecule has 0 N–H and O–H groups in total. The lowest BCUT2D eigenvalue weighted by atomic mass is 10.1. The van der Waals surface area contributed by atoms with E-state index in [0.29, 0.717) is 11.7 Å². The van der Waals surface area contributed by atoms with Crippen molar-refractivity contribution in [3.8, 4) is 23.0 Å². The normalized spacial score (nSPS) is 12.0. The van der Waals surface area contributed by atoms with Gasteiger partial charge < -0.3 is 4.42 Å². The van der Waals surface area contributed by atoms with Gasteiger partial charge in [-0.3, -0.25) is 9.13 Å². The van der Waals surface area contributed by atoms with Crippen LogP contribution in [0.4, 0.5) is 0 Å². The molecule has 0 aliphatic carbocycles. The highest BCUT2D eigenvalue weighted by Crippen LogP contribution is 2.42. The third-order valence-corrected chi connectivity index (χ3v) is 8.82. The molecule has 10 aromatic rings. The lowest BCUT2D eigenvalue weighted by Crippen LogP contribution is -2.03. The molecule has 6 heteroatoms. The summed E-state index contributed by atoms with van der Waals surface area (Å²) in [7, 11) is 0. The molecule has 5 aromatic heterocycles. The molecule has 0 amide bonds. The number of pyridine rings is 1. The Bertz CT molecular complexity index is 2760. The number of fused-ring (bicyclic) bond motifs is 10. The van der Waals surface area contributed by atoms with Crippen LogP contribution in [-0.4, -0.2) is 24.1 Å². The largest absolute Gasteiger partial charge is 0.437 e. The number of hydrogen-bond acceptors (Lipinski definition) is 4. The minimum atomic E-state index is 0.562. The topological polar surface area (TPSA) is 61.7 Å². The van der Waals surface area contributed by atoms with E-state index in [1.54, 1.807) is 0 Å². The molecule has 0 aliphatic rings. The Morgan fingerprint density at radius 2 is 1.20 bits per heavy atom. The van der Waals surface area contributed by atoms with Gasteiger partial charge in [0.25, 0.3) is 0 Å². The van der Waals surface area contributed by atoms with Gasteiger partial charge in [0, 0.05) is 38.7 Å². The summed E-state index contributed by atoms with van der Waals surface area (Å²) in [4.78, 5) is 15.2. The number of nitrogens with zero attached hydrogens (tertiary/aromatic N) is 5. The van der Waals surface area contributed by atoms with Crippen molar-refractivity contribution in [3.05, 3.63) is 140 Å². The summed E-state index contributed by atoms with van der Waals surface area (Å²) in [6.07, 6.45) is 1.85. The second kappa shape index (κ2) is 9.11. The fourth-order valence-corrected chi connectivity index (χ4v) is 6.96. The van der Waals surface area contributed by atoms with E-state index in [4.69, 9.17) is 19.4 Å². The van der Waals surface area contributed by atoms with Crippen molar-refractivity contribution >= 4 is 65.7 Å². The molecule has 0 fully saturated rings. The van der Waals surface area contributed by atoms with Crippen molar-refractivity contribution in [2.75, 3.05) is 0 Å².